The Labute approximate surface area is 139 Å². The maximum absolute atomic E-state index is 12.6. The van der Waals surface area contributed by atoms with Gasteiger partial charge in [-0.2, -0.15) is 5.10 Å². The van der Waals surface area contributed by atoms with Crippen molar-refractivity contribution in [2.45, 2.75) is 18.9 Å². The molecule has 7 heteroatoms. The molecule has 0 spiro atoms. The van der Waals surface area contributed by atoms with Crippen LogP contribution in [0.1, 0.15) is 34.9 Å². The first-order valence-electron chi connectivity index (χ1n) is 7.98. The van der Waals surface area contributed by atoms with Crippen LogP contribution in [0.15, 0.2) is 41.5 Å². The maximum atomic E-state index is 12.6. The number of pyridine rings is 1. The van der Waals surface area contributed by atoms with Crippen molar-refractivity contribution in [1.29, 1.82) is 0 Å². The highest BCUT2D eigenvalue weighted by molar-refractivity contribution is 5.92. The summed E-state index contributed by atoms with van der Waals surface area (Å²) in [6.45, 7) is 1.38. The van der Waals surface area contributed by atoms with E-state index in [0.717, 1.165) is 23.1 Å². The summed E-state index contributed by atoms with van der Waals surface area (Å²) in [6, 6.07) is 6.45. The van der Waals surface area contributed by atoms with Crippen molar-refractivity contribution in [3.63, 3.8) is 0 Å². The average Bonchev–Trinajstić information content (AvgIpc) is 2.63. The van der Waals surface area contributed by atoms with E-state index in [1.54, 1.807) is 12.4 Å². The van der Waals surface area contributed by atoms with Crippen LogP contribution in [0.4, 0.5) is 0 Å². The van der Waals surface area contributed by atoms with Gasteiger partial charge in [0.15, 0.2) is 0 Å². The summed E-state index contributed by atoms with van der Waals surface area (Å²) >= 11 is 0. The highest BCUT2D eigenvalue weighted by Crippen LogP contribution is 2.29. The van der Waals surface area contributed by atoms with Crippen LogP contribution >= 0.6 is 0 Å². The van der Waals surface area contributed by atoms with Crippen LogP contribution in [-0.4, -0.2) is 33.9 Å². The second-order valence-corrected chi connectivity index (χ2v) is 5.87. The van der Waals surface area contributed by atoms with Crippen molar-refractivity contribution in [3.05, 3.63) is 58.3 Å². The number of ether oxygens (including phenoxy) is 1. The third kappa shape index (κ3) is 3.68. The van der Waals surface area contributed by atoms with Crippen LogP contribution in [0, 0.1) is 5.92 Å². The predicted octanol–water partition coefficient (Wildman–Crippen LogP) is 1.07. The fourth-order valence-corrected chi connectivity index (χ4v) is 2.92. The number of carbonyl (C=O) groups excluding carboxylic acids is 1. The lowest BCUT2D eigenvalue weighted by Gasteiger charge is -2.31. The molecule has 1 atom stereocenters. The normalized spacial score (nSPS) is 16.5. The van der Waals surface area contributed by atoms with Crippen molar-refractivity contribution in [1.82, 2.24) is 20.1 Å². The highest BCUT2D eigenvalue weighted by atomic mass is 16.5. The van der Waals surface area contributed by atoms with E-state index in [1.165, 1.54) is 19.2 Å². The van der Waals surface area contributed by atoms with Gasteiger partial charge in [-0.25, -0.2) is 4.68 Å². The Kier molecular flexibility index (Phi) is 5.00. The van der Waals surface area contributed by atoms with E-state index in [-0.39, 0.29) is 29.1 Å². The number of aromatic nitrogens is 3. The van der Waals surface area contributed by atoms with E-state index < -0.39 is 0 Å². The van der Waals surface area contributed by atoms with Crippen LogP contribution < -0.4 is 10.9 Å². The standard InChI is InChI=1S/C17H20N4O3/c1-21-15(22)5-4-14(20-21)17(23)19-16(12-6-9-24-10-7-12)13-3-2-8-18-11-13/h2-5,8,11-12,16H,6-7,9-10H2,1H3,(H,19,23). The number of carbonyl (C=O) groups is 1. The first-order chi connectivity index (χ1) is 11.6. The molecule has 7 nitrogen and oxygen atoms in total. The molecule has 1 aliphatic heterocycles. The minimum atomic E-state index is -0.300. The Morgan fingerprint density at radius 2 is 2.12 bits per heavy atom. The fourth-order valence-electron chi connectivity index (χ4n) is 2.92. The lowest BCUT2D eigenvalue weighted by molar-refractivity contribution is 0.0512. The summed E-state index contributed by atoms with van der Waals surface area (Å²) in [5.74, 6) is -0.0228. The zero-order valence-corrected chi connectivity index (χ0v) is 13.5. The van der Waals surface area contributed by atoms with Crippen LogP contribution in [0.25, 0.3) is 0 Å². The van der Waals surface area contributed by atoms with Crippen molar-refractivity contribution >= 4 is 5.91 Å². The third-order valence-corrected chi connectivity index (χ3v) is 4.26. The minimum absolute atomic E-state index is 0.158. The van der Waals surface area contributed by atoms with Gasteiger partial charge in [0, 0.05) is 38.7 Å². The molecule has 2 aromatic rings. The van der Waals surface area contributed by atoms with E-state index in [9.17, 15) is 9.59 Å². The topological polar surface area (TPSA) is 86.1 Å². The molecular formula is C17H20N4O3. The lowest BCUT2D eigenvalue weighted by atomic mass is 9.87. The lowest BCUT2D eigenvalue weighted by Crippen LogP contribution is -2.37. The molecule has 0 aromatic carbocycles. The molecular weight excluding hydrogens is 308 g/mol. The number of hydrogen-bond donors (Lipinski definition) is 1. The van der Waals surface area contributed by atoms with Crippen LogP contribution in [0.2, 0.25) is 0 Å². The largest absolute Gasteiger partial charge is 0.381 e. The van der Waals surface area contributed by atoms with Crippen LogP contribution in [0.5, 0.6) is 0 Å². The zero-order valence-electron chi connectivity index (χ0n) is 13.5. The summed E-state index contributed by atoms with van der Waals surface area (Å²) < 4.78 is 6.58. The van der Waals surface area contributed by atoms with Crippen molar-refractivity contribution < 1.29 is 9.53 Å². The van der Waals surface area contributed by atoms with Crippen molar-refractivity contribution in [2.75, 3.05) is 13.2 Å². The number of nitrogens with zero attached hydrogens (tertiary/aromatic N) is 3. The molecule has 3 heterocycles. The van der Waals surface area contributed by atoms with E-state index >= 15 is 0 Å². The SMILES string of the molecule is Cn1nc(C(=O)NC(c2cccnc2)C2CCOCC2)ccc1=O. The molecule has 0 saturated carbocycles. The molecule has 1 aliphatic rings. The van der Waals surface area contributed by atoms with Gasteiger partial charge in [0.25, 0.3) is 11.5 Å². The monoisotopic (exact) mass is 328 g/mol. The van der Waals surface area contributed by atoms with Gasteiger partial charge in [0.2, 0.25) is 0 Å². The Bertz CT molecular complexity index is 754. The van der Waals surface area contributed by atoms with Gasteiger partial charge < -0.3 is 10.1 Å². The Balaban J connectivity index is 1.84. The molecule has 1 unspecified atom stereocenters. The molecule has 0 bridgehead atoms. The van der Waals surface area contributed by atoms with Crippen molar-refractivity contribution in [3.8, 4) is 0 Å². The van der Waals surface area contributed by atoms with Crippen LogP contribution in [-0.2, 0) is 11.8 Å². The molecule has 0 radical (unpaired) electrons. The van der Waals surface area contributed by atoms with Crippen LogP contribution in [0.3, 0.4) is 0 Å². The third-order valence-electron chi connectivity index (χ3n) is 4.26. The smallest absolute Gasteiger partial charge is 0.272 e. The fraction of sp³-hybridized carbons (Fsp3) is 0.412. The minimum Gasteiger partial charge on any atom is -0.381 e. The summed E-state index contributed by atoms with van der Waals surface area (Å²) in [4.78, 5) is 28.2. The second kappa shape index (κ2) is 7.35. The van der Waals surface area contributed by atoms with E-state index in [2.05, 4.69) is 15.4 Å². The van der Waals surface area contributed by atoms with Gasteiger partial charge in [-0.15, -0.1) is 0 Å². The highest BCUT2D eigenvalue weighted by Gasteiger charge is 2.27. The summed E-state index contributed by atoms with van der Waals surface area (Å²) in [7, 11) is 1.52. The maximum Gasteiger partial charge on any atom is 0.272 e. The molecule has 2 aromatic heterocycles. The number of aryl methyl sites for hydroxylation is 1. The summed E-state index contributed by atoms with van der Waals surface area (Å²) in [5, 5.41) is 7.07. The molecule has 0 aliphatic carbocycles. The van der Waals surface area contributed by atoms with Gasteiger partial charge in [-0.05, 0) is 36.5 Å². The Hall–Kier alpha value is -2.54. The van der Waals surface area contributed by atoms with Gasteiger partial charge >= 0.3 is 0 Å². The van der Waals surface area contributed by atoms with Gasteiger partial charge in [-0.3, -0.25) is 14.6 Å². The second-order valence-electron chi connectivity index (χ2n) is 5.87. The summed E-state index contributed by atoms with van der Waals surface area (Å²) in [5.41, 5.74) is 0.931. The van der Waals surface area contributed by atoms with Gasteiger partial charge in [-0.1, -0.05) is 6.07 Å². The van der Waals surface area contributed by atoms with Gasteiger partial charge in [0.05, 0.1) is 6.04 Å². The quantitative estimate of drug-likeness (QED) is 0.907. The van der Waals surface area contributed by atoms with Crippen molar-refractivity contribution in [2.24, 2.45) is 13.0 Å². The molecule has 126 valence electrons. The van der Waals surface area contributed by atoms with E-state index in [4.69, 9.17) is 4.74 Å². The molecule has 1 saturated heterocycles. The summed E-state index contributed by atoms with van der Waals surface area (Å²) in [6.07, 6.45) is 5.23. The number of hydrogen-bond acceptors (Lipinski definition) is 5. The molecule has 1 N–H and O–H groups in total. The predicted molar refractivity (Wildman–Crippen MR) is 87.5 cm³/mol. The zero-order chi connectivity index (χ0) is 16.9. The van der Waals surface area contributed by atoms with E-state index in [1.807, 2.05) is 12.1 Å². The Morgan fingerprint density at radius 3 is 2.79 bits per heavy atom. The Morgan fingerprint density at radius 1 is 1.33 bits per heavy atom. The number of nitrogens with one attached hydrogen (secondary N) is 1. The molecule has 1 fully saturated rings. The molecule has 1 amide bonds. The first kappa shape index (κ1) is 16.3. The number of amides is 1. The molecule has 3 rings (SSSR count). The van der Waals surface area contributed by atoms with Gasteiger partial charge in [0.1, 0.15) is 5.69 Å². The molecule has 24 heavy (non-hydrogen) atoms. The first-order valence-corrected chi connectivity index (χ1v) is 7.98. The number of rotatable bonds is 4. The van der Waals surface area contributed by atoms with E-state index in [0.29, 0.717) is 13.2 Å². The average molecular weight is 328 g/mol.